The van der Waals surface area contributed by atoms with E-state index in [9.17, 15) is 14.4 Å². The van der Waals surface area contributed by atoms with Crippen LogP contribution in [-0.2, 0) is 14.3 Å². The molecule has 3 amide bonds. The molecule has 3 rings (SSSR count). The van der Waals surface area contributed by atoms with Crippen LogP contribution in [0.5, 0.6) is 17.2 Å². The SMILES string of the molecule is CCOC(=O)C1=C(C)NC(=O)N[C@@H]1c1ccc(OCC(=O)N/N=C\c2cc(Br)ccc2OC)c(OC)c1. The highest BCUT2D eigenvalue weighted by Gasteiger charge is 2.32. The van der Waals surface area contributed by atoms with Crippen molar-refractivity contribution < 1.29 is 33.3 Å². The molecule has 1 atom stereocenters. The van der Waals surface area contributed by atoms with E-state index in [4.69, 9.17) is 18.9 Å². The molecular weight excluding hydrogens is 548 g/mol. The number of benzene rings is 2. The van der Waals surface area contributed by atoms with Crippen molar-refractivity contribution in [1.82, 2.24) is 16.1 Å². The second-order valence-electron chi connectivity index (χ2n) is 7.67. The van der Waals surface area contributed by atoms with Crippen molar-refractivity contribution in [3.8, 4) is 17.2 Å². The van der Waals surface area contributed by atoms with Crippen LogP contribution < -0.4 is 30.3 Å². The molecule has 0 fully saturated rings. The zero-order chi connectivity index (χ0) is 26.9. The molecule has 1 aliphatic rings. The van der Waals surface area contributed by atoms with Crippen LogP contribution in [0.2, 0.25) is 0 Å². The van der Waals surface area contributed by atoms with Gasteiger partial charge in [-0.2, -0.15) is 5.10 Å². The number of methoxy groups -OCH3 is 2. The van der Waals surface area contributed by atoms with Crippen LogP contribution in [-0.4, -0.2) is 51.6 Å². The largest absolute Gasteiger partial charge is 0.496 e. The van der Waals surface area contributed by atoms with E-state index < -0.39 is 23.9 Å². The van der Waals surface area contributed by atoms with Crippen molar-refractivity contribution >= 4 is 40.1 Å². The molecule has 1 heterocycles. The molecule has 2 aromatic carbocycles. The first-order valence-electron chi connectivity index (χ1n) is 11.2. The van der Waals surface area contributed by atoms with Crippen molar-refractivity contribution in [2.24, 2.45) is 5.10 Å². The first-order chi connectivity index (χ1) is 17.8. The number of carbonyl (C=O) groups excluding carboxylic acids is 3. The third-order valence-electron chi connectivity index (χ3n) is 5.23. The molecule has 0 saturated carbocycles. The lowest BCUT2D eigenvalue weighted by atomic mass is 9.95. The Kier molecular flexibility index (Phi) is 9.50. The molecule has 0 bridgehead atoms. The standard InChI is InChI=1S/C25H27BrN4O7/c1-5-36-24(32)22-14(2)28-25(33)29-23(22)15-6-8-19(20(11-15)35-4)37-13-21(31)30-27-12-16-10-17(26)7-9-18(16)34-3/h6-12,23H,5,13H2,1-4H3,(H,30,31)(H2,28,29,33)/b27-12-/t23-/m1/s1. The Balaban J connectivity index is 1.70. The molecular formula is C25H27BrN4O7. The first kappa shape index (κ1) is 27.5. The van der Waals surface area contributed by atoms with Crippen molar-refractivity contribution in [2.75, 3.05) is 27.4 Å². The number of allylic oxidation sites excluding steroid dienone is 1. The Bertz CT molecular complexity index is 1250. The quantitative estimate of drug-likeness (QED) is 0.225. The zero-order valence-corrected chi connectivity index (χ0v) is 22.3. The van der Waals surface area contributed by atoms with E-state index in [1.807, 2.05) is 6.07 Å². The molecule has 37 heavy (non-hydrogen) atoms. The van der Waals surface area contributed by atoms with Crippen LogP contribution in [0.4, 0.5) is 4.79 Å². The number of nitrogens with zero attached hydrogens (tertiary/aromatic N) is 1. The maximum absolute atomic E-state index is 12.5. The Morgan fingerprint density at radius 3 is 2.54 bits per heavy atom. The topological polar surface area (TPSA) is 137 Å². The van der Waals surface area contributed by atoms with E-state index in [-0.39, 0.29) is 24.5 Å². The number of hydrogen-bond acceptors (Lipinski definition) is 8. The molecule has 0 spiro atoms. The Morgan fingerprint density at radius 1 is 1.11 bits per heavy atom. The van der Waals surface area contributed by atoms with Crippen LogP contribution in [0.15, 0.2) is 57.2 Å². The second kappa shape index (κ2) is 12.8. The van der Waals surface area contributed by atoms with Gasteiger partial charge in [-0.05, 0) is 49.7 Å². The number of esters is 1. The minimum Gasteiger partial charge on any atom is -0.496 e. The van der Waals surface area contributed by atoms with Gasteiger partial charge in [-0.1, -0.05) is 22.0 Å². The Hall–Kier alpha value is -4.06. The zero-order valence-electron chi connectivity index (χ0n) is 20.7. The second-order valence-corrected chi connectivity index (χ2v) is 8.58. The maximum Gasteiger partial charge on any atom is 0.338 e. The lowest BCUT2D eigenvalue weighted by molar-refractivity contribution is -0.139. The van der Waals surface area contributed by atoms with Gasteiger partial charge in [-0.3, -0.25) is 4.79 Å². The van der Waals surface area contributed by atoms with Crippen molar-refractivity contribution in [3.63, 3.8) is 0 Å². The summed E-state index contributed by atoms with van der Waals surface area (Å²) in [7, 11) is 2.98. The fraction of sp³-hybridized carbons (Fsp3) is 0.280. The summed E-state index contributed by atoms with van der Waals surface area (Å²) in [6, 6.07) is 9.06. The first-order valence-corrected chi connectivity index (χ1v) is 12.0. The molecule has 0 aromatic heterocycles. The third-order valence-corrected chi connectivity index (χ3v) is 5.72. The van der Waals surface area contributed by atoms with E-state index in [1.54, 1.807) is 51.3 Å². The van der Waals surface area contributed by atoms with E-state index in [2.05, 4.69) is 37.1 Å². The van der Waals surface area contributed by atoms with Gasteiger partial charge in [0.2, 0.25) is 0 Å². The minimum atomic E-state index is -0.761. The number of hydrogen-bond donors (Lipinski definition) is 3. The van der Waals surface area contributed by atoms with Gasteiger partial charge in [0, 0.05) is 15.7 Å². The number of amides is 3. The average Bonchev–Trinajstić information content (AvgIpc) is 2.87. The normalized spacial score (nSPS) is 15.1. The highest BCUT2D eigenvalue weighted by Crippen LogP contribution is 2.34. The molecule has 0 aliphatic carbocycles. The highest BCUT2D eigenvalue weighted by atomic mass is 79.9. The van der Waals surface area contributed by atoms with Gasteiger partial charge in [0.25, 0.3) is 5.91 Å². The average molecular weight is 575 g/mol. The molecule has 0 saturated heterocycles. The van der Waals surface area contributed by atoms with Gasteiger partial charge in [0.15, 0.2) is 18.1 Å². The number of nitrogens with one attached hydrogen (secondary N) is 3. The summed E-state index contributed by atoms with van der Waals surface area (Å²) in [6.07, 6.45) is 1.46. The molecule has 2 aromatic rings. The van der Waals surface area contributed by atoms with Crippen LogP contribution in [0.3, 0.4) is 0 Å². The summed E-state index contributed by atoms with van der Waals surface area (Å²) in [4.78, 5) is 36.9. The summed E-state index contributed by atoms with van der Waals surface area (Å²) in [6.45, 7) is 3.18. The van der Waals surface area contributed by atoms with E-state index in [0.717, 1.165) is 4.47 Å². The lowest BCUT2D eigenvalue weighted by Crippen LogP contribution is -2.45. The predicted octanol–water partition coefficient (Wildman–Crippen LogP) is 3.19. The molecule has 3 N–H and O–H groups in total. The van der Waals surface area contributed by atoms with E-state index >= 15 is 0 Å². The molecule has 196 valence electrons. The van der Waals surface area contributed by atoms with Gasteiger partial charge < -0.3 is 29.6 Å². The smallest absolute Gasteiger partial charge is 0.338 e. The summed E-state index contributed by atoms with van der Waals surface area (Å²) in [5.74, 6) is 0.155. The fourth-order valence-corrected chi connectivity index (χ4v) is 3.94. The summed E-state index contributed by atoms with van der Waals surface area (Å²) >= 11 is 3.38. The van der Waals surface area contributed by atoms with Crippen LogP contribution in [0, 0.1) is 0 Å². The van der Waals surface area contributed by atoms with Crippen molar-refractivity contribution in [1.29, 1.82) is 0 Å². The van der Waals surface area contributed by atoms with Crippen LogP contribution in [0.25, 0.3) is 0 Å². The molecule has 11 nitrogen and oxygen atoms in total. The van der Waals surface area contributed by atoms with Crippen LogP contribution >= 0.6 is 15.9 Å². The summed E-state index contributed by atoms with van der Waals surface area (Å²) in [5, 5.41) is 9.25. The van der Waals surface area contributed by atoms with E-state index in [0.29, 0.717) is 28.3 Å². The van der Waals surface area contributed by atoms with Crippen LogP contribution in [0.1, 0.15) is 31.0 Å². The number of carbonyl (C=O) groups is 3. The van der Waals surface area contributed by atoms with Gasteiger partial charge in [0.1, 0.15) is 5.75 Å². The predicted molar refractivity (Wildman–Crippen MR) is 139 cm³/mol. The Labute approximate surface area is 222 Å². The third kappa shape index (κ3) is 7.00. The summed E-state index contributed by atoms with van der Waals surface area (Å²) < 4.78 is 22.3. The number of ether oxygens (including phenoxy) is 4. The number of urea groups is 1. The number of hydrazone groups is 1. The van der Waals surface area contributed by atoms with E-state index in [1.165, 1.54) is 13.3 Å². The molecule has 1 aliphatic heterocycles. The fourth-order valence-electron chi connectivity index (χ4n) is 3.56. The molecule has 0 unspecified atom stereocenters. The monoisotopic (exact) mass is 574 g/mol. The van der Waals surface area contributed by atoms with Crippen molar-refractivity contribution in [3.05, 3.63) is 63.3 Å². The number of halogens is 1. The summed E-state index contributed by atoms with van der Waals surface area (Å²) in [5.41, 5.74) is 4.30. The van der Waals surface area contributed by atoms with Gasteiger partial charge >= 0.3 is 12.0 Å². The van der Waals surface area contributed by atoms with Crippen molar-refractivity contribution in [2.45, 2.75) is 19.9 Å². The van der Waals surface area contributed by atoms with Gasteiger partial charge in [-0.15, -0.1) is 0 Å². The number of rotatable bonds is 10. The molecule has 0 radical (unpaired) electrons. The lowest BCUT2D eigenvalue weighted by Gasteiger charge is -2.28. The maximum atomic E-state index is 12.5. The van der Waals surface area contributed by atoms with Gasteiger partial charge in [0.05, 0.1) is 38.7 Å². The Morgan fingerprint density at radius 2 is 1.84 bits per heavy atom. The molecule has 12 heteroatoms. The highest BCUT2D eigenvalue weighted by molar-refractivity contribution is 9.10. The minimum absolute atomic E-state index is 0.189. The van der Waals surface area contributed by atoms with Gasteiger partial charge in [-0.25, -0.2) is 15.0 Å².